The van der Waals surface area contributed by atoms with Crippen LogP contribution in [0.5, 0.6) is 0 Å². The van der Waals surface area contributed by atoms with Crippen molar-refractivity contribution in [2.24, 2.45) is 5.92 Å². The molecular weight excluding hydrogens is 366 g/mol. The van der Waals surface area contributed by atoms with Crippen LogP contribution in [0.2, 0.25) is 0 Å². The molecule has 7 nitrogen and oxygen atoms in total. The Balaban J connectivity index is 1.91. The topological polar surface area (TPSA) is 92.9 Å². The van der Waals surface area contributed by atoms with E-state index in [-0.39, 0.29) is 18.5 Å². The molecule has 3 rings (SSSR count). The minimum atomic E-state index is -0.763. The second kappa shape index (κ2) is 10.5. The zero-order valence-corrected chi connectivity index (χ0v) is 17.5. The summed E-state index contributed by atoms with van der Waals surface area (Å²) in [4.78, 5) is 11.6. The first kappa shape index (κ1) is 21.4. The summed E-state index contributed by atoms with van der Waals surface area (Å²) in [5, 5.41) is 25.7. The zero-order valence-electron chi connectivity index (χ0n) is 17.5. The number of tetrazole rings is 1. The molecule has 29 heavy (non-hydrogen) atoms. The Morgan fingerprint density at radius 2 is 1.97 bits per heavy atom. The van der Waals surface area contributed by atoms with Gasteiger partial charge in [0.1, 0.15) is 0 Å². The van der Waals surface area contributed by atoms with Crippen molar-refractivity contribution >= 4 is 5.97 Å². The largest absolute Gasteiger partial charge is 0.481 e. The third-order valence-electron chi connectivity index (χ3n) is 5.95. The maximum absolute atomic E-state index is 11.6. The van der Waals surface area contributed by atoms with Gasteiger partial charge in [0, 0.05) is 12.6 Å². The number of aromatic nitrogens is 4. The van der Waals surface area contributed by atoms with Gasteiger partial charge in [-0.1, -0.05) is 62.4 Å². The number of carboxylic acid groups (broad SMARTS) is 1. The molecular formula is C22H33N5O2. The lowest BCUT2D eigenvalue weighted by Gasteiger charge is -2.33. The minimum absolute atomic E-state index is 0.101. The van der Waals surface area contributed by atoms with Crippen LogP contribution in [-0.2, 0) is 11.3 Å². The Bertz CT molecular complexity index is 768. The average Bonchev–Trinajstić information content (AvgIpc) is 3.19. The van der Waals surface area contributed by atoms with Crippen molar-refractivity contribution in [3.05, 3.63) is 41.2 Å². The van der Waals surface area contributed by atoms with E-state index in [0.29, 0.717) is 5.92 Å². The number of carbonyl (C=O) groups is 1. The highest BCUT2D eigenvalue weighted by atomic mass is 16.4. The third-order valence-corrected chi connectivity index (χ3v) is 5.95. The van der Waals surface area contributed by atoms with E-state index in [0.717, 1.165) is 43.6 Å². The highest BCUT2D eigenvalue weighted by molar-refractivity contribution is 5.67. The molecule has 0 saturated heterocycles. The zero-order chi connectivity index (χ0) is 20.6. The maximum Gasteiger partial charge on any atom is 0.304 e. The monoisotopic (exact) mass is 399 g/mol. The minimum Gasteiger partial charge on any atom is -0.481 e. The van der Waals surface area contributed by atoms with Gasteiger partial charge in [-0.3, -0.25) is 10.1 Å². The maximum atomic E-state index is 11.6. The molecule has 2 atom stereocenters. The van der Waals surface area contributed by atoms with Crippen molar-refractivity contribution in [2.75, 3.05) is 0 Å². The lowest BCUT2D eigenvalue weighted by molar-refractivity contribution is -0.138. The van der Waals surface area contributed by atoms with Crippen molar-refractivity contribution in [1.82, 2.24) is 25.5 Å². The Hall–Kier alpha value is -2.28. The van der Waals surface area contributed by atoms with Crippen molar-refractivity contribution in [3.8, 4) is 0 Å². The molecule has 0 aliphatic heterocycles. The van der Waals surface area contributed by atoms with Crippen LogP contribution in [0, 0.1) is 12.8 Å². The predicted octanol–water partition coefficient (Wildman–Crippen LogP) is 3.88. The first-order valence-electron chi connectivity index (χ1n) is 10.9. The molecule has 0 radical (unpaired) electrons. The fourth-order valence-corrected chi connectivity index (χ4v) is 4.26. The van der Waals surface area contributed by atoms with Crippen molar-refractivity contribution in [2.45, 2.75) is 83.8 Å². The Morgan fingerprint density at radius 1 is 1.24 bits per heavy atom. The van der Waals surface area contributed by atoms with E-state index in [1.54, 1.807) is 0 Å². The van der Waals surface area contributed by atoms with Crippen LogP contribution in [0.25, 0.3) is 0 Å². The molecule has 158 valence electrons. The number of hydrogen-bond donors (Lipinski definition) is 2. The van der Waals surface area contributed by atoms with Gasteiger partial charge < -0.3 is 5.11 Å². The number of aliphatic carboxylic acids is 1. The number of rotatable bonds is 10. The van der Waals surface area contributed by atoms with Gasteiger partial charge in [-0.25, -0.2) is 4.68 Å². The van der Waals surface area contributed by atoms with Crippen molar-refractivity contribution < 1.29 is 9.90 Å². The van der Waals surface area contributed by atoms with Crippen LogP contribution in [0.1, 0.15) is 81.3 Å². The molecule has 1 saturated carbocycles. The first-order chi connectivity index (χ1) is 14.1. The quantitative estimate of drug-likeness (QED) is 0.630. The van der Waals surface area contributed by atoms with Crippen LogP contribution in [0.15, 0.2) is 24.3 Å². The van der Waals surface area contributed by atoms with Gasteiger partial charge in [0.05, 0.1) is 12.5 Å². The molecule has 1 aromatic heterocycles. The van der Waals surface area contributed by atoms with E-state index >= 15 is 0 Å². The van der Waals surface area contributed by atoms with Crippen molar-refractivity contribution in [3.63, 3.8) is 0 Å². The number of unbranched alkanes of at least 4 members (excludes halogenated alkanes) is 1. The lowest BCUT2D eigenvalue weighted by Crippen LogP contribution is -2.42. The SMILES string of the molecule is CCCCn1nnnc1C(NC(CC(=O)O)C1CCCCC1)c1ccc(C)cc1. The summed E-state index contributed by atoms with van der Waals surface area (Å²) in [6, 6.07) is 8.01. The Labute approximate surface area is 172 Å². The van der Waals surface area contributed by atoms with Gasteiger partial charge >= 0.3 is 5.97 Å². The van der Waals surface area contributed by atoms with E-state index in [2.05, 4.69) is 59.0 Å². The third kappa shape index (κ3) is 5.85. The number of benzene rings is 1. The van der Waals surface area contributed by atoms with Crippen LogP contribution in [0.4, 0.5) is 0 Å². The second-order valence-electron chi connectivity index (χ2n) is 8.23. The molecule has 1 aromatic carbocycles. The fourth-order valence-electron chi connectivity index (χ4n) is 4.26. The van der Waals surface area contributed by atoms with E-state index in [1.165, 1.54) is 24.8 Å². The summed E-state index contributed by atoms with van der Waals surface area (Å²) >= 11 is 0. The molecule has 0 spiro atoms. The smallest absolute Gasteiger partial charge is 0.304 e. The van der Waals surface area contributed by atoms with Crippen LogP contribution in [-0.4, -0.2) is 37.3 Å². The molecule has 7 heteroatoms. The Morgan fingerprint density at radius 3 is 2.62 bits per heavy atom. The molecule has 1 aliphatic rings. The summed E-state index contributed by atoms with van der Waals surface area (Å²) in [5.41, 5.74) is 2.25. The molecule has 1 aliphatic carbocycles. The fraction of sp³-hybridized carbons (Fsp3) is 0.636. The van der Waals surface area contributed by atoms with E-state index in [1.807, 2.05) is 4.68 Å². The van der Waals surface area contributed by atoms with Crippen LogP contribution >= 0.6 is 0 Å². The number of nitrogens with one attached hydrogen (secondary N) is 1. The Kier molecular flexibility index (Phi) is 7.75. The number of aryl methyl sites for hydroxylation is 2. The first-order valence-corrected chi connectivity index (χ1v) is 10.9. The summed E-state index contributed by atoms with van der Waals surface area (Å²) in [5.74, 6) is 0.363. The van der Waals surface area contributed by atoms with E-state index in [4.69, 9.17) is 0 Å². The summed E-state index contributed by atoms with van der Waals surface area (Å²) < 4.78 is 1.86. The molecule has 1 heterocycles. The van der Waals surface area contributed by atoms with Crippen LogP contribution in [0.3, 0.4) is 0 Å². The number of nitrogens with zero attached hydrogens (tertiary/aromatic N) is 4. The van der Waals surface area contributed by atoms with E-state index in [9.17, 15) is 9.90 Å². The molecule has 2 N–H and O–H groups in total. The van der Waals surface area contributed by atoms with Gasteiger partial charge in [-0.2, -0.15) is 0 Å². The summed E-state index contributed by atoms with van der Waals surface area (Å²) in [7, 11) is 0. The standard InChI is InChI=1S/C22H33N5O2/c1-3-4-14-27-22(24-25-26-27)21(18-12-10-16(2)11-13-18)23-19(15-20(28)29)17-8-6-5-7-9-17/h10-13,17,19,21,23H,3-9,14-15H2,1-2H3,(H,28,29). The van der Waals surface area contributed by atoms with Gasteiger partial charge in [-0.15, -0.1) is 5.10 Å². The normalized spacial score (nSPS) is 17.2. The summed E-state index contributed by atoms with van der Waals surface area (Å²) in [6.45, 7) is 4.97. The van der Waals surface area contributed by atoms with E-state index < -0.39 is 5.97 Å². The van der Waals surface area contributed by atoms with Gasteiger partial charge in [-0.05, 0) is 48.1 Å². The molecule has 0 bridgehead atoms. The van der Waals surface area contributed by atoms with Crippen LogP contribution < -0.4 is 5.32 Å². The van der Waals surface area contributed by atoms with Crippen molar-refractivity contribution in [1.29, 1.82) is 0 Å². The molecule has 2 unspecified atom stereocenters. The van der Waals surface area contributed by atoms with Gasteiger partial charge in [0.2, 0.25) is 0 Å². The highest BCUT2D eigenvalue weighted by Crippen LogP contribution is 2.31. The lowest BCUT2D eigenvalue weighted by atomic mass is 9.82. The second-order valence-corrected chi connectivity index (χ2v) is 8.23. The highest BCUT2D eigenvalue weighted by Gasteiger charge is 2.31. The molecule has 0 amide bonds. The summed E-state index contributed by atoms with van der Waals surface area (Å²) in [6.07, 6.45) is 7.92. The predicted molar refractivity (Wildman–Crippen MR) is 111 cm³/mol. The van der Waals surface area contributed by atoms with Gasteiger partial charge in [0.25, 0.3) is 0 Å². The molecule has 1 fully saturated rings. The number of hydrogen-bond acceptors (Lipinski definition) is 5. The molecule has 2 aromatic rings. The number of carboxylic acids is 1. The average molecular weight is 400 g/mol. The van der Waals surface area contributed by atoms with Gasteiger partial charge in [0.15, 0.2) is 5.82 Å².